The van der Waals surface area contributed by atoms with Crippen molar-refractivity contribution < 1.29 is 13.2 Å². The Balaban J connectivity index is 1.65. The van der Waals surface area contributed by atoms with E-state index in [-0.39, 0.29) is 15.6 Å². The number of nitrogens with one attached hydrogen (secondary N) is 1. The zero-order valence-corrected chi connectivity index (χ0v) is 21.3. The molecule has 1 amide bonds. The second-order valence-corrected chi connectivity index (χ2v) is 11.2. The zero-order valence-electron chi connectivity index (χ0n) is 17.4. The van der Waals surface area contributed by atoms with Gasteiger partial charge in [-0.05, 0) is 48.0 Å². The lowest BCUT2D eigenvalue weighted by Gasteiger charge is -2.24. The zero-order chi connectivity index (χ0) is 23.8. The molecule has 174 valence electrons. The normalized spacial score (nSPS) is 11.2. The Labute approximate surface area is 213 Å². The number of sulfonamides is 1. The molecule has 0 radical (unpaired) electrons. The highest BCUT2D eigenvalue weighted by atomic mass is 35.5. The summed E-state index contributed by atoms with van der Waals surface area (Å²) < 4.78 is 27.6. The molecule has 3 rings (SSSR count). The van der Waals surface area contributed by atoms with Gasteiger partial charge in [0.05, 0.1) is 20.6 Å². The predicted molar refractivity (Wildman–Crippen MR) is 138 cm³/mol. The summed E-state index contributed by atoms with van der Waals surface area (Å²) in [5, 5.41) is 3.96. The van der Waals surface area contributed by atoms with Crippen molar-refractivity contribution in [2.24, 2.45) is 0 Å². The predicted octanol–water partition coefficient (Wildman–Crippen LogP) is 5.89. The van der Waals surface area contributed by atoms with Crippen molar-refractivity contribution in [1.82, 2.24) is 5.32 Å². The highest BCUT2D eigenvalue weighted by Gasteiger charge is 2.27. The van der Waals surface area contributed by atoms with Gasteiger partial charge in [-0.25, -0.2) is 8.42 Å². The van der Waals surface area contributed by atoms with Crippen LogP contribution in [0.15, 0.2) is 77.7 Å². The van der Waals surface area contributed by atoms with E-state index in [0.717, 1.165) is 15.6 Å². The van der Waals surface area contributed by atoms with E-state index >= 15 is 0 Å². The van der Waals surface area contributed by atoms with E-state index in [9.17, 15) is 13.2 Å². The molecule has 5 nitrogen and oxygen atoms in total. The van der Waals surface area contributed by atoms with Gasteiger partial charge in [-0.15, -0.1) is 0 Å². The minimum Gasteiger partial charge on any atom is -0.354 e. The van der Waals surface area contributed by atoms with Gasteiger partial charge in [-0.3, -0.25) is 9.10 Å². The van der Waals surface area contributed by atoms with Crippen LogP contribution in [0.4, 0.5) is 5.69 Å². The highest BCUT2D eigenvalue weighted by molar-refractivity contribution is 7.98. The summed E-state index contributed by atoms with van der Waals surface area (Å²) in [6, 6.07) is 20.0. The Morgan fingerprint density at radius 2 is 1.61 bits per heavy atom. The van der Waals surface area contributed by atoms with Gasteiger partial charge in [-0.2, -0.15) is 11.8 Å². The first-order valence-electron chi connectivity index (χ1n) is 9.89. The smallest absolute Gasteiger partial charge is 0.264 e. The first kappa shape index (κ1) is 25.7. The van der Waals surface area contributed by atoms with Gasteiger partial charge in [0.1, 0.15) is 6.54 Å². The number of anilines is 1. The molecule has 10 heteroatoms. The lowest BCUT2D eigenvalue weighted by atomic mass is 10.2. The molecule has 0 aliphatic carbocycles. The summed E-state index contributed by atoms with van der Waals surface area (Å²) in [6.07, 6.45) is 0. The largest absolute Gasteiger partial charge is 0.354 e. The van der Waals surface area contributed by atoms with Crippen LogP contribution in [0.2, 0.25) is 15.1 Å². The molecular weight excluding hydrogens is 523 g/mol. The van der Waals surface area contributed by atoms with Crippen molar-refractivity contribution in [3.8, 4) is 0 Å². The molecule has 33 heavy (non-hydrogen) atoms. The van der Waals surface area contributed by atoms with Crippen molar-refractivity contribution in [2.75, 3.05) is 23.1 Å². The Hall–Kier alpha value is -1.90. The summed E-state index contributed by atoms with van der Waals surface area (Å²) in [5.41, 5.74) is 1.39. The van der Waals surface area contributed by atoms with E-state index in [1.165, 1.54) is 30.3 Å². The third-order valence-electron chi connectivity index (χ3n) is 4.56. The van der Waals surface area contributed by atoms with Crippen LogP contribution in [0.25, 0.3) is 0 Å². The van der Waals surface area contributed by atoms with Crippen LogP contribution in [0, 0.1) is 0 Å². The van der Waals surface area contributed by atoms with Gasteiger partial charge in [-0.1, -0.05) is 65.1 Å². The van der Waals surface area contributed by atoms with Crippen LogP contribution >= 0.6 is 46.6 Å². The van der Waals surface area contributed by atoms with E-state index in [2.05, 4.69) is 5.32 Å². The summed E-state index contributed by atoms with van der Waals surface area (Å²) in [6.45, 7) is 0.00866. The summed E-state index contributed by atoms with van der Waals surface area (Å²) in [5.74, 6) is 1.03. The molecule has 0 spiro atoms. The molecule has 0 fully saturated rings. The topological polar surface area (TPSA) is 66.5 Å². The number of nitrogens with zero attached hydrogens (tertiary/aromatic N) is 1. The molecule has 0 aromatic heterocycles. The van der Waals surface area contributed by atoms with Crippen LogP contribution in [0.3, 0.4) is 0 Å². The third-order valence-corrected chi connectivity index (χ3v) is 8.37. The number of rotatable bonds is 10. The molecule has 0 atom stereocenters. The van der Waals surface area contributed by atoms with Crippen molar-refractivity contribution in [3.05, 3.63) is 93.4 Å². The van der Waals surface area contributed by atoms with Gasteiger partial charge >= 0.3 is 0 Å². The first-order chi connectivity index (χ1) is 15.8. The van der Waals surface area contributed by atoms with Gasteiger partial charge < -0.3 is 5.32 Å². The number of benzene rings is 3. The van der Waals surface area contributed by atoms with E-state index in [0.29, 0.717) is 22.3 Å². The SMILES string of the molecule is O=C(CN(c1ccc(Cl)c(Cl)c1)S(=O)(=O)c1ccccc1)NCCSCc1ccc(Cl)cc1. The Kier molecular flexibility index (Phi) is 9.35. The molecule has 0 aliphatic rings. The van der Waals surface area contributed by atoms with Crippen LogP contribution in [-0.4, -0.2) is 33.2 Å². The molecule has 3 aromatic carbocycles. The van der Waals surface area contributed by atoms with Crippen molar-refractivity contribution in [2.45, 2.75) is 10.6 Å². The molecule has 0 bridgehead atoms. The minimum absolute atomic E-state index is 0.0717. The molecule has 0 aliphatic heterocycles. The van der Waals surface area contributed by atoms with Crippen molar-refractivity contribution >= 4 is 68.2 Å². The maximum atomic E-state index is 13.3. The molecule has 0 saturated carbocycles. The Morgan fingerprint density at radius 3 is 2.27 bits per heavy atom. The van der Waals surface area contributed by atoms with Crippen LogP contribution in [-0.2, 0) is 20.6 Å². The van der Waals surface area contributed by atoms with Crippen molar-refractivity contribution in [1.29, 1.82) is 0 Å². The van der Waals surface area contributed by atoms with E-state index in [1.807, 2.05) is 24.3 Å². The fraction of sp³-hybridized carbons (Fsp3) is 0.174. The van der Waals surface area contributed by atoms with Crippen LogP contribution in [0.1, 0.15) is 5.56 Å². The van der Waals surface area contributed by atoms with Crippen LogP contribution in [0.5, 0.6) is 0 Å². The average molecular weight is 544 g/mol. The molecule has 0 unspecified atom stereocenters. The number of carbonyl (C=O) groups is 1. The fourth-order valence-corrected chi connectivity index (χ4v) is 5.57. The lowest BCUT2D eigenvalue weighted by Crippen LogP contribution is -2.41. The van der Waals surface area contributed by atoms with Gasteiger partial charge in [0, 0.05) is 23.1 Å². The fourth-order valence-electron chi connectivity index (χ4n) is 2.89. The second-order valence-electron chi connectivity index (χ2n) is 6.95. The molecule has 0 saturated heterocycles. The molecule has 0 heterocycles. The van der Waals surface area contributed by atoms with Gasteiger partial charge in [0.2, 0.25) is 5.91 Å². The number of thioether (sulfide) groups is 1. The third kappa shape index (κ3) is 7.29. The minimum atomic E-state index is -4.00. The highest BCUT2D eigenvalue weighted by Crippen LogP contribution is 2.30. The monoisotopic (exact) mass is 542 g/mol. The first-order valence-corrected chi connectivity index (χ1v) is 13.6. The number of hydrogen-bond acceptors (Lipinski definition) is 4. The quantitative estimate of drug-likeness (QED) is 0.324. The maximum absolute atomic E-state index is 13.3. The molecule has 1 N–H and O–H groups in total. The number of amides is 1. The number of hydrogen-bond donors (Lipinski definition) is 1. The number of halogens is 3. The molecule has 3 aromatic rings. The maximum Gasteiger partial charge on any atom is 0.264 e. The van der Waals surface area contributed by atoms with Gasteiger partial charge in [0.15, 0.2) is 0 Å². The second kappa shape index (κ2) is 12.0. The van der Waals surface area contributed by atoms with E-state index < -0.39 is 22.5 Å². The summed E-state index contributed by atoms with van der Waals surface area (Å²) in [4.78, 5) is 12.7. The number of carbonyl (C=O) groups excluding carboxylic acids is 1. The van der Waals surface area contributed by atoms with Crippen LogP contribution < -0.4 is 9.62 Å². The van der Waals surface area contributed by atoms with E-state index in [4.69, 9.17) is 34.8 Å². The average Bonchev–Trinajstić information content (AvgIpc) is 2.81. The Morgan fingerprint density at radius 1 is 0.909 bits per heavy atom. The van der Waals surface area contributed by atoms with Gasteiger partial charge in [0.25, 0.3) is 10.0 Å². The van der Waals surface area contributed by atoms with E-state index in [1.54, 1.807) is 30.0 Å². The Bertz CT molecular complexity index is 1190. The van der Waals surface area contributed by atoms with Crippen molar-refractivity contribution in [3.63, 3.8) is 0 Å². The lowest BCUT2D eigenvalue weighted by molar-refractivity contribution is -0.119. The summed E-state index contributed by atoms with van der Waals surface area (Å²) in [7, 11) is -4.00. The summed E-state index contributed by atoms with van der Waals surface area (Å²) >= 11 is 19.6. The molecular formula is C23H21Cl3N2O3S2. The standard InChI is InChI=1S/C23H21Cl3N2O3S2/c24-18-8-6-17(7-9-18)16-32-13-12-27-23(29)15-28(19-10-11-21(25)22(26)14-19)33(30,31)20-4-2-1-3-5-20/h1-11,14H,12-13,15-16H2,(H,27,29).